The van der Waals surface area contributed by atoms with E-state index < -0.39 is 0 Å². The van der Waals surface area contributed by atoms with Crippen LogP contribution in [0.2, 0.25) is 0 Å². The Morgan fingerprint density at radius 3 is 2.78 bits per heavy atom. The average molecular weight is 289 g/mol. The van der Waals surface area contributed by atoms with Crippen molar-refractivity contribution in [3.05, 3.63) is 16.1 Å². The molecule has 1 amide bonds. The quantitative estimate of drug-likeness (QED) is 0.721. The summed E-state index contributed by atoms with van der Waals surface area (Å²) in [4.78, 5) is 18.4. The highest BCUT2D eigenvalue weighted by atomic mass is 35.5. The van der Waals surface area contributed by atoms with Crippen LogP contribution in [0.4, 0.5) is 0 Å². The van der Waals surface area contributed by atoms with E-state index in [2.05, 4.69) is 18.8 Å². The largest absolute Gasteiger partial charge is 0.342 e. The van der Waals surface area contributed by atoms with Crippen LogP contribution in [-0.4, -0.2) is 28.9 Å². The monoisotopic (exact) mass is 288 g/mol. The first kappa shape index (κ1) is 15.4. The van der Waals surface area contributed by atoms with E-state index in [-0.39, 0.29) is 5.91 Å². The summed E-state index contributed by atoms with van der Waals surface area (Å²) in [5.41, 5.74) is 0.856. The third-order valence-corrected chi connectivity index (χ3v) is 4.17. The summed E-state index contributed by atoms with van der Waals surface area (Å²) in [7, 11) is 0. The summed E-state index contributed by atoms with van der Waals surface area (Å²) in [6.07, 6.45) is 1.49. The number of aromatic nitrogens is 1. The number of hydrogen-bond donors (Lipinski definition) is 0. The molecule has 0 aliphatic heterocycles. The number of carbonyl (C=O) groups excluding carboxylic acids is 1. The molecule has 3 nitrogen and oxygen atoms in total. The lowest BCUT2D eigenvalue weighted by Crippen LogP contribution is -2.35. The molecule has 1 unspecified atom stereocenters. The fraction of sp³-hybridized carbons (Fsp3) is 0.692. The summed E-state index contributed by atoms with van der Waals surface area (Å²) in [6.45, 7) is 7.93. The standard InChI is InChI=1S/C13H21ClN2OS/c1-4-10(3)8-16(5-2)13(17)6-12-15-11(7-14)9-18-12/h9-10H,4-8H2,1-3H3. The lowest BCUT2D eigenvalue weighted by molar-refractivity contribution is -0.130. The van der Waals surface area contributed by atoms with Crippen molar-refractivity contribution in [3.8, 4) is 0 Å². The molecule has 0 N–H and O–H groups in total. The van der Waals surface area contributed by atoms with E-state index in [1.54, 1.807) is 0 Å². The molecule has 0 spiro atoms. The second kappa shape index (κ2) is 7.74. The molecule has 1 aromatic rings. The van der Waals surface area contributed by atoms with Gasteiger partial charge in [-0.1, -0.05) is 20.3 Å². The SMILES string of the molecule is CCC(C)CN(CC)C(=O)Cc1nc(CCl)cs1. The molecule has 5 heteroatoms. The molecule has 0 aliphatic rings. The lowest BCUT2D eigenvalue weighted by atomic mass is 10.1. The van der Waals surface area contributed by atoms with E-state index in [9.17, 15) is 4.79 Å². The minimum atomic E-state index is 0.160. The minimum absolute atomic E-state index is 0.160. The van der Waals surface area contributed by atoms with Crippen LogP contribution in [0.5, 0.6) is 0 Å². The fourth-order valence-electron chi connectivity index (χ4n) is 1.65. The molecule has 1 aromatic heterocycles. The van der Waals surface area contributed by atoms with Gasteiger partial charge in [-0.25, -0.2) is 4.98 Å². The van der Waals surface area contributed by atoms with Gasteiger partial charge in [0.15, 0.2) is 0 Å². The van der Waals surface area contributed by atoms with Crippen molar-refractivity contribution < 1.29 is 4.79 Å². The molecule has 1 rings (SSSR count). The van der Waals surface area contributed by atoms with Crippen LogP contribution in [0, 0.1) is 5.92 Å². The summed E-state index contributed by atoms with van der Waals surface area (Å²) in [5.74, 6) is 1.12. The van der Waals surface area contributed by atoms with E-state index in [1.165, 1.54) is 11.3 Å². The van der Waals surface area contributed by atoms with Gasteiger partial charge in [0.1, 0.15) is 5.01 Å². The van der Waals surface area contributed by atoms with Crippen molar-refractivity contribution in [2.75, 3.05) is 13.1 Å². The average Bonchev–Trinajstić information content (AvgIpc) is 2.82. The molecule has 18 heavy (non-hydrogen) atoms. The molecular weight excluding hydrogens is 268 g/mol. The Balaban J connectivity index is 2.56. The maximum absolute atomic E-state index is 12.2. The first-order valence-corrected chi connectivity index (χ1v) is 7.79. The Hall–Kier alpha value is -0.610. The molecule has 0 aliphatic carbocycles. The van der Waals surface area contributed by atoms with Gasteiger partial charge in [0.05, 0.1) is 18.0 Å². The maximum atomic E-state index is 12.2. The summed E-state index contributed by atoms with van der Waals surface area (Å²) in [5, 5.41) is 2.78. The van der Waals surface area contributed by atoms with Gasteiger partial charge in [0.25, 0.3) is 0 Å². The van der Waals surface area contributed by atoms with Crippen molar-refractivity contribution in [2.24, 2.45) is 5.92 Å². The third-order valence-electron chi connectivity index (χ3n) is 3.00. The van der Waals surface area contributed by atoms with Gasteiger partial charge in [-0.3, -0.25) is 4.79 Å². The normalized spacial score (nSPS) is 12.4. The van der Waals surface area contributed by atoms with Crippen molar-refractivity contribution in [1.29, 1.82) is 0 Å². The van der Waals surface area contributed by atoms with Crippen molar-refractivity contribution in [3.63, 3.8) is 0 Å². The van der Waals surface area contributed by atoms with Crippen molar-refractivity contribution in [1.82, 2.24) is 9.88 Å². The number of thiazole rings is 1. The predicted octanol–water partition coefficient (Wildman–Crippen LogP) is 3.32. The maximum Gasteiger partial charge on any atom is 0.229 e. The summed E-state index contributed by atoms with van der Waals surface area (Å²) in [6, 6.07) is 0. The van der Waals surface area contributed by atoms with E-state index in [1.807, 2.05) is 17.2 Å². The highest BCUT2D eigenvalue weighted by Crippen LogP contribution is 2.14. The van der Waals surface area contributed by atoms with Gasteiger partial charge >= 0.3 is 0 Å². The zero-order valence-electron chi connectivity index (χ0n) is 11.3. The number of halogens is 1. The Morgan fingerprint density at radius 1 is 1.56 bits per heavy atom. The number of likely N-dealkylation sites (N-methyl/N-ethyl adjacent to an activating group) is 1. The molecular formula is C13H21ClN2OS. The highest BCUT2D eigenvalue weighted by molar-refractivity contribution is 7.09. The van der Waals surface area contributed by atoms with Gasteiger partial charge in [0.2, 0.25) is 5.91 Å². The van der Waals surface area contributed by atoms with Gasteiger partial charge in [0, 0.05) is 18.5 Å². The predicted molar refractivity (Wildman–Crippen MR) is 77.1 cm³/mol. The molecule has 0 aromatic carbocycles. The van der Waals surface area contributed by atoms with Gasteiger partial charge < -0.3 is 4.90 Å². The molecule has 0 bridgehead atoms. The van der Waals surface area contributed by atoms with Crippen LogP contribution in [-0.2, 0) is 17.1 Å². The minimum Gasteiger partial charge on any atom is -0.342 e. The van der Waals surface area contributed by atoms with Crippen LogP contribution >= 0.6 is 22.9 Å². The van der Waals surface area contributed by atoms with Crippen LogP contribution < -0.4 is 0 Å². The molecule has 102 valence electrons. The first-order valence-electron chi connectivity index (χ1n) is 6.37. The third kappa shape index (κ3) is 4.58. The van der Waals surface area contributed by atoms with Crippen molar-refractivity contribution >= 4 is 28.8 Å². The first-order chi connectivity index (χ1) is 8.60. The highest BCUT2D eigenvalue weighted by Gasteiger charge is 2.16. The number of nitrogens with zero attached hydrogens (tertiary/aromatic N) is 2. The molecule has 0 saturated carbocycles. The van der Waals surface area contributed by atoms with E-state index in [0.717, 1.165) is 30.2 Å². The van der Waals surface area contributed by atoms with Crippen molar-refractivity contribution in [2.45, 2.75) is 39.5 Å². The Kier molecular flexibility index (Phi) is 6.65. The zero-order chi connectivity index (χ0) is 13.5. The number of carbonyl (C=O) groups is 1. The molecule has 0 fully saturated rings. The van der Waals surface area contributed by atoms with Crippen LogP contribution in [0.25, 0.3) is 0 Å². The molecule has 0 radical (unpaired) electrons. The topological polar surface area (TPSA) is 33.2 Å². The van der Waals surface area contributed by atoms with E-state index in [0.29, 0.717) is 18.2 Å². The molecule has 1 atom stereocenters. The van der Waals surface area contributed by atoms with Crippen LogP contribution in [0.15, 0.2) is 5.38 Å². The van der Waals surface area contributed by atoms with E-state index >= 15 is 0 Å². The van der Waals surface area contributed by atoms with Gasteiger partial charge in [-0.2, -0.15) is 0 Å². The smallest absolute Gasteiger partial charge is 0.229 e. The Labute approximate surface area is 118 Å². The number of amides is 1. The second-order valence-corrected chi connectivity index (χ2v) is 5.70. The number of hydrogen-bond acceptors (Lipinski definition) is 3. The lowest BCUT2D eigenvalue weighted by Gasteiger charge is -2.23. The Bertz CT molecular complexity index is 381. The second-order valence-electron chi connectivity index (χ2n) is 4.49. The Morgan fingerprint density at radius 2 is 2.28 bits per heavy atom. The molecule has 0 saturated heterocycles. The number of alkyl halides is 1. The van der Waals surface area contributed by atoms with Gasteiger partial charge in [-0.15, -0.1) is 22.9 Å². The zero-order valence-corrected chi connectivity index (χ0v) is 12.9. The number of rotatable bonds is 7. The fourth-order valence-corrected chi connectivity index (χ4v) is 2.66. The van der Waals surface area contributed by atoms with E-state index in [4.69, 9.17) is 11.6 Å². The van der Waals surface area contributed by atoms with Crippen LogP contribution in [0.3, 0.4) is 0 Å². The summed E-state index contributed by atoms with van der Waals surface area (Å²) >= 11 is 7.22. The van der Waals surface area contributed by atoms with Crippen LogP contribution in [0.1, 0.15) is 37.9 Å². The van der Waals surface area contributed by atoms with Gasteiger partial charge in [-0.05, 0) is 12.8 Å². The molecule has 1 heterocycles. The summed E-state index contributed by atoms with van der Waals surface area (Å²) < 4.78 is 0.